The number of hydrogen-bond acceptors (Lipinski definition) is 2. The van der Waals surface area contributed by atoms with Crippen molar-refractivity contribution >= 4 is 0 Å². The van der Waals surface area contributed by atoms with Crippen LogP contribution in [0.4, 0.5) is 0 Å². The summed E-state index contributed by atoms with van der Waals surface area (Å²) in [6.45, 7) is 8.72. The molecule has 0 aliphatic heterocycles. The summed E-state index contributed by atoms with van der Waals surface area (Å²) >= 11 is 0. The minimum atomic E-state index is 0.690. The molecule has 0 saturated heterocycles. The van der Waals surface area contributed by atoms with Gasteiger partial charge in [0, 0.05) is 31.4 Å². The Morgan fingerprint density at radius 3 is 2.76 bits per heavy atom. The van der Waals surface area contributed by atoms with Crippen molar-refractivity contribution in [1.29, 1.82) is 0 Å². The Labute approximate surface area is 106 Å². The van der Waals surface area contributed by atoms with E-state index in [4.69, 9.17) is 0 Å². The predicted molar refractivity (Wildman–Crippen MR) is 73.2 cm³/mol. The lowest BCUT2D eigenvalue weighted by Gasteiger charge is -2.16. The average Bonchev–Trinajstić information content (AvgIpc) is 2.77. The number of aromatic nitrogens is 2. The molecule has 0 aliphatic carbocycles. The van der Waals surface area contributed by atoms with E-state index in [1.807, 2.05) is 6.20 Å². The highest BCUT2D eigenvalue weighted by atomic mass is 15.0. The van der Waals surface area contributed by atoms with Crippen LogP contribution >= 0.6 is 0 Å². The Balaban J connectivity index is 2.30. The first-order valence-corrected chi connectivity index (χ1v) is 7.05. The van der Waals surface area contributed by atoms with E-state index in [9.17, 15) is 0 Å². The first kappa shape index (κ1) is 14.2. The number of nitrogens with one attached hydrogen (secondary N) is 1. The van der Waals surface area contributed by atoms with Gasteiger partial charge in [-0.15, -0.1) is 0 Å². The lowest BCUT2D eigenvalue weighted by molar-refractivity contribution is 0.444. The molecule has 1 aromatic rings. The molecule has 0 aliphatic rings. The van der Waals surface area contributed by atoms with Crippen LogP contribution in [0.3, 0.4) is 0 Å². The van der Waals surface area contributed by atoms with E-state index in [0.717, 1.165) is 19.5 Å². The molecule has 1 unspecified atom stereocenters. The third-order valence-electron chi connectivity index (χ3n) is 3.23. The fourth-order valence-electron chi connectivity index (χ4n) is 2.35. The summed E-state index contributed by atoms with van der Waals surface area (Å²) in [6, 6.07) is 0.690. The van der Waals surface area contributed by atoms with Crippen LogP contribution in [0.1, 0.15) is 52.3 Å². The van der Waals surface area contributed by atoms with Crippen molar-refractivity contribution in [2.45, 2.75) is 65.5 Å². The molecular weight excluding hydrogens is 210 g/mol. The third kappa shape index (κ3) is 4.90. The van der Waals surface area contributed by atoms with Crippen molar-refractivity contribution in [3.8, 4) is 0 Å². The fraction of sp³-hybridized carbons (Fsp3) is 0.786. The van der Waals surface area contributed by atoms with Gasteiger partial charge in [0.05, 0.1) is 0 Å². The van der Waals surface area contributed by atoms with Crippen LogP contribution in [0.25, 0.3) is 0 Å². The van der Waals surface area contributed by atoms with Crippen molar-refractivity contribution in [3.05, 3.63) is 18.2 Å². The highest BCUT2D eigenvalue weighted by molar-refractivity contribution is 4.92. The Morgan fingerprint density at radius 1 is 1.29 bits per heavy atom. The molecule has 0 amide bonds. The average molecular weight is 237 g/mol. The van der Waals surface area contributed by atoms with Crippen molar-refractivity contribution in [1.82, 2.24) is 14.9 Å². The Bertz CT molecular complexity index is 287. The number of aryl methyl sites for hydroxylation is 2. The predicted octanol–water partition coefficient (Wildman–Crippen LogP) is 3.00. The van der Waals surface area contributed by atoms with Gasteiger partial charge < -0.3 is 9.88 Å². The van der Waals surface area contributed by atoms with E-state index in [1.165, 1.54) is 31.5 Å². The summed E-state index contributed by atoms with van der Waals surface area (Å²) in [6.07, 6.45) is 10.1. The van der Waals surface area contributed by atoms with Gasteiger partial charge in [0.25, 0.3) is 0 Å². The third-order valence-corrected chi connectivity index (χ3v) is 3.23. The van der Waals surface area contributed by atoms with Crippen LogP contribution in [0, 0.1) is 0 Å². The number of hydrogen-bond donors (Lipinski definition) is 1. The highest BCUT2D eigenvalue weighted by Gasteiger charge is 2.07. The zero-order valence-electron chi connectivity index (χ0n) is 11.6. The Kier molecular flexibility index (Phi) is 6.94. The monoisotopic (exact) mass is 237 g/mol. The largest absolute Gasteiger partial charge is 0.335 e. The van der Waals surface area contributed by atoms with Gasteiger partial charge >= 0.3 is 0 Å². The molecule has 0 fully saturated rings. The molecule has 3 heteroatoms. The molecule has 1 aromatic heterocycles. The molecule has 1 N–H and O–H groups in total. The number of nitrogens with zero attached hydrogens (tertiary/aromatic N) is 2. The summed E-state index contributed by atoms with van der Waals surface area (Å²) < 4.78 is 2.24. The molecule has 1 atom stereocenters. The van der Waals surface area contributed by atoms with Crippen LogP contribution in [0.15, 0.2) is 12.4 Å². The van der Waals surface area contributed by atoms with Crippen LogP contribution in [0.5, 0.6) is 0 Å². The van der Waals surface area contributed by atoms with Gasteiger partial charge in [-0.1, -0.05) is 20.3 Å². The lowest BCUT2D eigenvalue weighted by atomic mass is 10.0. The number of imidazole rings is 1. The minimum Gasteiger partial charge on any atom is -0.335 e. The topological polar surface area (TPSA) is 29.9 Å². The van der Waals surface area contributed by atoms with Gasteiger partial charge in [-0.2, -0.15) is 0 Å². The molecule has 1 rings (SSSR count). The molecule has 3 nitrogen and oxygen atoms in total. The second kappa shape index (κ2) is 8.29. The molecule has 0 bridgehead atoms. The number of rotatable bonds is 9. The molecule has 0 saturated carbocycles. The standard InChI is InChI=1S/C14H27N3/c1-4-8-13(15-5-2)9-7-10-14-16-11-12-17(14)6-3/h11-13,15H,4-10H2,1-3H3. The molecule has 98 valence electrons. The van der Waals surface area contributed by atoms with Crippen LogP contribution in [0.2, 0.25) is 0 Å². The maximum Gasteiger partial charge on any atom is 0.108 e. The first-order valence-electron chi connectivity index (χ1n) is 7.05. The van der Waals surface area contributed by atoms with E-state index < -0.39 is 0 Å². The molecule has 0 aromatic carbocycles. The first-order chi connectivity index (χ1) is 8.31. The van der Waals surface area contributed by atoms with Crippen molar-refractivity contribution in [2.75, 3.05) is 6.54 Å². The van der Waals surface area contributed by atoms with Gasteiger partial charge in [-0.25, -0.2) is 4.98 Å². The van der Waals surface area contributed by atoms with Crippen LogP contribution in [-0.4, -0.2) is 22.1 Å². The minimum absolute atomic E-state index is 0.690. The summed E-state index contributed by atoms with van der Waals surface area (Å²) in [5.41, 5.74) is 0. The van der Waals surface area contributed by atoms with E-state index in [2.05, 4.69) is 41.8 Å². The van der Waals surface area contributed by atoms with Gasteiger partial charge in [0.2, 0.25) is 0 Å². The quantitative estimate of drug-likeness (QED) is 0.715. The maximum absolute atomic E-state index is 4.42. The SMILES string of the molecule is CCCC(CCCc1nccn1CC)NCC. The Hall–Kier alpha value is -0.830. The summed E-state index contributed by atoms with van der Waals surface area (Å²) in [4.78, 5) is 4.42. The van der Waals surface area contributed by atoms with Crippen LogP contribution in [-0.2, 0) is 13.0 Å². The van der Waals surface area contributed by atoms with E-state index >= 15 is 0 Å². The highest BCUT2D eigenvalue weighted by Crippen LogP contribution is 2.09. The molecular formula is C14H27N3. The van der Waals surface area contributed by atoms with Crippen molar-refractivity contribution < 1.29 is 0 Å². The lowest BCUT2D eigenvalue weighted by Crippen LogP contribution is -2.28. The second-order valence-electron chi connectivity index (χ2n) is 4.56. The summed E-state index contributed by atoms with van der Waals surface area (Å²) in [5.74, 6) is 1.24. The maximum atomic E-state index is 4.42. The normalized spacial score (nSPS) is 12.9. The Morgan fingerprint density at radius 2 is 2.12 bits per heavy atom. The smallest absolute Gasteiger partial charge is 0.108 e. The molecule has 0 spiro atoms. The van der Waals surface area contributed by atoms with E-state index in [0.29, 0.717) is 6.04 Å². The fourth-order valence-corrected chi connectivity index (χ4v) is 2.35. The van der Waals surface area contributed by atoms with Gasteiger partial charge in [-0.3, -0.25) is 0 Å². The van der Waals surface area contributed by atoms with Crippen LogP contribution < -0.4 is 5.32 Å². The van der Waals surface area contributed by atoms with Gasteiger partial charge in [-0.05, 0) is 32.7 Å². The zero-order valence-corrected chi connectivity index (χ0v) is 11.6. The van der Waals surface area contributed by atoms with Gasteiger partial charge in [0.15, 0.2) is 0 Å². The van der Waals surface area contributed by atoms with Gasteiger partial charge in [0.1, 0.15) is 5.82 Å². The van der Waals surface area contributed by atoms with E-state index in [1.54, 1.807) is 0 Å². The van der Waals surface area contributed by atoms with Crippen molar-refractivity contribution in [3.63, 3.8) is 0 Å². The summed E-state index contributed by atoms with van der Waals surface area (Å²) in [7, 11) is 0. The molecule has 0 radical (unpaired) electrons. The zero-order chi connectivity index (χ0) is 12.5. The van der Waals surface area contributed by atoms with E-state index in [-0.39, 0.29) is 0 Å². The summed E-state index contributed by atoms with van der Waals surface area (Å²) in [5, 5.41) is 3.57. The molecule has 17 heavy (non-hydrogen) atoms. The van der Waals surface area contributed by atoms with Crippen molar-refractivity contribution in [2.24, 2.45) is 0 Å². The molecule has 1 heterocycles. The second-order valence-corrected chi connectivity index (χ2v) is 4.56.